The van der Waals surface area contributed by atoms with E-state index in [1.54, 1.807) is 19.1 Å². The summed E-state index contributed by atoms with van der Waals surface area (Å²) >= 11 is 1.31. The molecule has 27 heavy (non-hydrogen) atoms. The molecule has 1 amide bonds. The molecular weight excluding hydrogens is 364 g/mol. The number of thioether (sulfide) groups is 1. The fraction of sp³-hybridized carbons (Fsp3) is 0.300. The van der Waals surface area contributed by atoms with E-state index in [1.807, 2.05) is 49.4 Å². The van der Waals surface area contributed by atoms with E-state index in [4.69, 9.17) is 13.9 Å². The number of ether oxygens (including phenoxy) is 2. The molecule has 1 heterocycles. The van der Waals surface area contributed by atoms with Crippen molar-refractivity contribution in [2.75, 3.05) is 26.5 Å². The largest absolute Gasteiger partial charge is 0.493 e. The number of carbonyl (C=O) groups excluding carboxylic acids is 1. The summed E-state index contributed by atoms with van der Waals surface area (Å²) in [6.07, 6.45) is 0. The predicted octanol–water partition coefficient (Wildman–Crippen LogP) is 3.99. The summed E-state index contributed by atoms with van der Waals surface area (Å²) in [6, 6.07) is 13.2. The van der Waals surface area contributed by atoms with Crippen molar-refractivity contribution in [1.29, 1.82) is 0 Å². The Morgan fingerprint density at radius 3 is 2.63 bits per heavy atom. The van der Waals surface area contributed by atoms with Crippen molar-refractivity contribution in [3.8, 4) is 11.5 Å². The van der Waals surface area contributed by atoms with E-state index in [0.29, 0.717) is 29.8 Å². The van der Waals surface area contributed by atoms with Gasteiger partial charge in [0.05, 0.1) is 20.0 Å². The Bertz CT molecular complexity index is 892. The van der Waals surface area contributed by atoms with Crippen molar-refractivity contribution in [2.45, 2.75) is 18.7 Å². The van der Waals surface area contributed by atoms with Crippen LogP contribution in [0.2, 0.25) is 0 Å². The van der Waals surface area contributed by atoms with E-state index in [2.05, 4.69) is 4.98 Å². The third-order valence-corrected chi connectivity index (χ3v) is 4.96. The first-order valence-electron chi connectivity index (χ1n) is 8.61. The van der Waals surface area contributed by atoms with Gasteiger partial charge >= 0.3 is 0 Å². The normalized spacial score (nSPS) is 10.8. The molecule has 0 bridgehead atoms. The Morgan fingerprint density at radius 2 is 1.93 bits per heavy atom. The minimum Gasteiger partial charge on any atom is -0.493 e. The summed E-state index contributed by atoms with van der Waals surface area (Å²) in [5.74, 6) is 1.62. The van der Waals surface area contributed by atoms with Crippen LogP contribution in [0.3, 0.4) is 0 Å². The highest BCUT2D eigenvalue weighted by Crippen LogP contribution is 2.28. The van der Waals surface area contributed by atoms with Crippen LogP contribution in [0, 0.1) is 0 Å². The number of carbonyl (C=O) groups is 1. The Hall–Kier alpha value is -2.67. The molecule has 0 aliphatic carbocycles. The molecule has 0 saturated carbocycles. The van der Waals surface area contributed by atoms with Crippen LogP contribution in [0.5, 0.6) is 11.5 Å². The zero-order chi connectivity index (χ0) is 19.2. The number of rotatable bonds is 8. The molecule has 0 radical (unpaired) electrons. The molecule has 0 atom stereocenters. The molecule has 7 heteroatoms. The highest BCUT2D eigenvalue weighted by atomic mass is 32.2. The number of hydrogen-bond acceptors (Lipinski definition) is 6. The maximum absolute atomic E-state index is 12.6. The highest BCUT2D eigenvalue weighted by Gasteiger charge is 2.16. The van der Waals surface area contributed by atoms with Gasteiger partial charge in [-0.05, 0) is 36.8 Å². The zero-order valence-corrected chi connectivity index (χ0v) is 16.4. The number of oxazole rings is 1. The highest BCUT2D eigenvalue weighted by molar-refractivity contribution is 7.99. The van der Waals surface area contributed by atoms with Gasteiger partial charge in [0.2, 0.25) is 5.91 Å². The smallest absolute Gasteiger partial charge is 0.257 e. The molecule has 0 spiro atoms. The molecule has 0 saturated heterocycles. The van der Waals surface area contributed by atoms with Crippen molar-refractivity contribution in [3.05, 3.63) is 48.0 Å². The zero-order valence-electron chi connectivity index (χ0n) is 15.6. The third kappa shape index (κ3) is 4.54. The van der Waals surface area contributed by atoms with Gasteiger partial charge in [0, 0.05) is 13.1 Å². The maximum atomic E-state index is 12.6. The number of para-hydroxylation sites is 2. The lowest BCUT2D eigenvalue weighted by Gasteiger charge is -2.21. The summed E-state index contributed by atoms with van der Waals surface area (Å²) in [5, 5.41) is 0.506. The molecule has 1 aromatic heterocycles. The van der Waals surface area contributed by atoms with Gasteiger partial charge in [-0.2, -0.15) is 0 Å². The van der Waals surface area contributed by atoms with Gasteiger partial charge in [-0.3, -0.25) is 4.79 Å². The molecule has 3 aromatic rings. The molecule has 3 rings (SSSR count). The van der Waals surface area contributed by atoms with Gasteiger partial charge in [0.1, 0.15) is 5.52 Å². The van der Waals surface area contributed by atoms with Crippen molar-refractivity contribution in [1.82, 2.24) is 9.88 Å². The van der Waals surface area contributed by atoms with Gasteiger partial charge in [-0.1, -0.05) is 30.0 Å². The third-order valence-electron chi connectivity index (χ3n) is 4.15. The van der Waals surface area contributed by atoms with Gasteiger partial charge in [-0.15, -0.1) is 0 Å². The number of nitrogens with zero attached hydrogens (tertiary/aromatic N) is 2. The first kappa shape index (κ1) is 19.1. The first-order valence-corrected chi connectivity index (χ1v) is 9.60. The second-order valence-electron chi connectivity index (χ2n) is 5.83. The monoisotopic (exact) mass is 386 g/mol. The lowest BCUT2D eigenvalue weighted by atomic mass is 10.2. The number of aromatic nitrogens is 1. The van der Waals surface area contributed by atoms with Gasteiger partial charge in [0.25, 0.3) is 5.22 Å². The van der Waals surface area contributed by atoms with Gasteiger partial charge in [0.15, 0.2) is 17.1 Å². The number of benzene rings is 2. The van der Waals surface area contributed by atoms with Crippen molar-refractivity contribution < 1.29 is 18.7 Å². The van der Waals surface area contributed by atoms with Crippen molar-refractivity contribution >= 4 is 28.8 Å². The quantitative estimate of drug-likeness (QED) is 0.546. The second-order valence-corrected chi connectivity index (χ2v) is 6.76. The molecule has 0 aliphatic rings. The minimum absolute atomic E-state index is 0.0274. The number of amides is 1. The van der Waals surface area contributed by atoms with Crippen LogP contribution in [-0.2, 0) is 11.3 Å². The molecular formula is C20H22N2O4S. The summed E-state index contributed by atoms with van der Waals surface area (Å²) in [6.45, 7) is 3.08. The fourth-order valence-corrected chi connectivity index (χ4v) is 3.44. The summed E-state index contributed by atoms with van der Waals surface area (Å²) < 4.78 is 16.2. The van der Waals surface area contributed by atoms with E-state index in [-0.39, 0.29) is 11.7 Å². The topological polar surface area (TPSA) is 64.8 Å². The molecule has 0 N–H and O–H groups in total. The lowest BCUT2D eigenvalue weighted by Crippen LogP contribution is -2.31. The van der Waals surface area contributed by atoms with Crippen molar-refractivity contribution in [2.24, 2.45) is 0 Å². The number of hydrogen-bond donors (Lipinski definition) is 0. The Labute approximate surface area is 162 Å². The van der Waals surface area contributed by atoms with E-state index >= 15 is 0 Å². The molecule has 0 fully saturated rings. The molecule has 2 aromatic carbocycles. The summed E-state index contributed by atoms with van der Waals surface area (Å²) in [7, 11) is 3.20. The lowest BCUT2D eigenvalue weighted by molar-refractivity contribution is -0.128. The average molecular weight is 386 g/mol. The molecule has 0 unspecified atom stereocenters. The van der Waals surface area contributed by atoms with E-state index < -0.39 is 0 Å². The molecule has 6 nitrogen and oxygen atoms in total. The first-order chi connectivity index (χ1) is 13.1. The van der Waals surface area contributed by atoms with Crippen LogP contribution in [-0.4, -0.2) is 42.3 Å². The van der Waals surface area contributed by atoms with Crippen LogP contribution in [0.1, 0.15) is 12.5 Å². The maximum Gasteiger partial charge on any atom is 0.257 e. The Morgan fingerprint density at radius 1 is 1.15 bits per heavy atom. The van der Waals surface area contributed by atoms with Gasteiger partial charge < -0.3 is 18.8 Å². The van der Waals surface area contributed by atoms with E-state index in [0.717, 1.165) is 16.7 Å². The Balaban J connectivity index is 1.63. The Kier molecular flexibility index (Phi) is 6.24. The van der Waals surface area contributed by atoms with E-state index in [1.165, 1.54) is 11.8 Å². The minimum atomic E-state index is 0.0274. The van der Waals surface area contributed by atoms with Gasteiger partial charge in [-0.25, -0.2) is 4.98 Å². The molecule has 142 valence electrons. The average Bonchev–Trinajstić information content (AvgIpc) is 3.13. The van der Waals surface area contributed by atoms with Crippen LogP contribution in [0.25, 0.3) is 11.1 Å². The second kappa shape index (κ2) is 8.81. The summed E-state index contributed by atoms with van der Waals surface area (Å²) in [5.41, 5.74) is 2.50. The molecule has 0 aliphatic heterocycles. The van der Waals surface area contributed by atoms with Crippen LogP contribution < -0.4 is 9.47 Å². The standard InChI is InChI=1S/C20H22N2O4S/c1-4-22(12-14-9-10-17(24-2)18(11-14)25-3)19(23)13-27-20-21-15-7-5-6-8-16(15)26-20/h5-11H,4,12-13H2,1-3H3. The van der Waals surface area contributed by atoms with E-state index in [9.17, 15) is 4.79 Å². The van der Waals surface area contributed by atoms with Crippen molar-refractivity contribution in [3.63, 3.8) is 0 Å². The van der Waals surface area contributed by atoms with Crippen LogP contribution in [0.4, 0.5) is 0 Å². The predicted molar refractivity (Wildman–Crippen MR) is 105 cm³/mol. The SMILES string of the molecule is CCN(Cc1ccc(OC)c(OC)c1)C(=O)CSc1nc2ccccc2o1. The fourth-order valence-electron chi connectivity index (χ4n) is 2.70. The number of fused-ring (bicyclic) bond motifs is 1. The van der Waals surface area contributed by atoms with Crippen LogP contribution >= 0.6 is 11.8 Å². The number of methoxy groups -OCH3 is 2. The van der Waals surface area contributed by atoms with Crippen LogP contribution in [0.15, 0.2) is 52.1 Å². The summed E-state index contributed by atoms with van der Waals surface area (Å²) in [4.78, 5) is 18.8.